The highest BCUT2D eigenvalue weighted by Crippen LogP contribution is 2.30. The van der Waals surface area contributed by atoms with E-state index in [2.05, 4.69) is 16.9 Å². The smallest absolute Gasteiger partial charge is 0.0650 e. The van der Waals surface area contributed by atoms with Crippen LogP contribution in [0.5, 0.6) is 0 Å². The van der Waals surface area contributed by atoms with Crippen molar-refractivity contribution in [3.63, 3.8) is 0 Å². The van der Waals surface area contributed by atoms with E-state index in [1.807, 2.05) is 0 Å². The van der Waals surface area contributed by atoms with Crippen LogP contribution in [0.15, 0.2) is 12.3 Å². The zero-order chi connectivity index (χ0) is 13.1. The largest absolute Gasteiger partial charge is 0.392 e. The van der Waals surface area contributed by atoms with Gasteiger partial charge in [-0.3, -0.25) is 4.68 Å². The average Bonchev–Trinajstić information content (AvgIpc) is 3.11. The lowest BCUT2D eigenvalue weighted by Gasteiger charge is -2.22. The molecule has 0 radical (unpaired) electrons. The molecule has 2 aliphatic rings. The Balaban J connectivity index is 1.57. The van der Waals surface area contributed by atoms with Crippen molar-refractivity contribution >= 4 is 0 Å². The standard InChI is InChI=1S/C16H26N2O/c19-16(13-6-4-5-7-13)12-14-10-11-18(17-14)15-8-2-1-3-9-15/h10-11,13,15-16,19H,1-9,12H2. The average molecular weight is 262 g/mol. The zero-order valence-electron chi connectivity index (χ0n) is 11.8. The Morgan fingerprint density at radius 3 is 2.53 bits per heavy atom. The fraction of sp³-hybridized carbons (Fsp3) is 0.812. The first kappa shape index (κ1) is 13.2. The maximum absolute atomic E-state index is 10.3. The molecule has 1 heterocycles. The molecule has 106 valence electrons. The molecule has 2 saturated carbocycles. The summed E-state index contributed by atoms with van der Waals surface area (Å²) in [6.07, 6.45) is 14.2. The minimum atomic E-state index is -0.183. The Labute approximate surface area is 116 Å². The lowest BCUT2D eigenvalue weighted by molar-refractivity contribution is 0.110. The summed E-state index contributed by atoms with van der Waals surface area (Å²) in [5, 5.41) is 15.0. The summed E-state index contributed by atoms with van der Waals surface area (Å²) in [5.74, 6) is 0.514. The molecule has 0 aromatic carbocycles. The minimum absolute atomic E-state index is 0.183. The maximum atomic E-state index is 10.3. The Morgan fingerprint density at radius 1 is 1.11 bits per heavy atom. The number of aromatic nitrogens is 2. The predicted octanol–water partition coefficient (Wildman–Crippen LogP) is 3.48. The van der Waals surface area contributed by atoms with Crippen LogP contribution in [-0.4, -0.2) is 21.0 Å². The van der Waals surface area contributed by atoms with E-state index < -0.39 is 0 Å². The molecule has 3 nitrogen and oxygen atoms in total. The van der Waals surface area contributed by atoms with Gasteiger partial charge in [0.2, 0.25) is 0 Å². The molecular weight excluding hydrogens is 236 g/mol. The molecule has 1 unspecified atom stereocenters. The van der Waals surface area contributed by atoms with Gasteiger partial charge in [0.15, 0.2) is 0 Å². The Morgan fingerprint density at radius 2 is 1.79 bits per heavy atom. The molecule has 3 rings (SSSR count). The number of hydrogen-bond donors (Lipinski definition) is 1. The van der Waals surface area contributed by atoms with Crippen LogP contribution in [0.3, 0.4) is 0 Å². The van der Waals surface area contributed by atoms with Gasteiger partial charge in [0, 0.05) is 12.6 Å². The summed E-state index contributed by atoms with van der Waals surface area (Å²) in [4.78, 5) is 0. The summed E-state index contributed by atoms with van der Waals surface area (Å²) in [5.41, 5.74) is 1.07. The van der Waals surface area contributed by atoms with Gasteiger partial charge in [-0.05, 0) is 37.7 Å². The second kappa shape index (κ2) is 6.08. The van der Waals surface area contributed by atoms with E-state index in [1.54, 1.807) is 0 Å². The van der Waals surface area contributed by atoms with Gasteiger partial charge in [0.05, 0.1) is 17.8 Å². The van der Waals surface area contributed by atoms with E-state index >= 15 is 0 Å². The van der Waals surface area contributed by atoms with E-state index in [0.717, 1.165) is 12.1 Å². The first-order valence-electron chi connectivity index (χ1n) is 8.05. The van der Waals surface area contributed by atoms with Gasteiger partial charge in [-0.25, -0.2) is 0 Å². The van der Waals surface area contributed by atoms with Crippen molar-refractivity contribution in [1.82, 2.24) is 9.78 Å². The first-order chi connectivity index (χ1) is 9.33. The Hall–Kier alpha value is -0.830. The van der Waals surface area contributed by atoms with E-state index in [-0.39, 0.29) is 6.10 Å². The van der Waals surface area contributed by atoms with Crippen LogP contribution in [0.2, 0.25) is 0 Å². The number of nitrogens with zero attached hydrogens (tertiary/aromatic N) is 2. The molecule has 1 N–H and O–H groups in total. The first-order valence-corrected chi connectivity index (χ1v) is 8.05. The van der Waals surface area contributed by atoms with Gasteiger partial charge in [0.1, 0.15) is 0 Å². The third-order valence-electron chi connectivity index (χ3n) is 4.97. The summed E-state index contributed by atoms with van der Waals surface area (Å²) in [7, 11) is 0. The molecule has 0 bridgehead atoms. The SMILES string of the molecule is OC(Cc1ccn(C2CCCCC2)n1)C1CCCC1. The molecule has 19 heavy (non-hydrogen) atoms. The van der Waals surface area contributed by atoms with Crippen molar-refractivity contribution < 1.29 is 5.11 Å². The number of aliphatic hydroxyl groups is 1. The number of aliphatic hydroxyl groups excluding tert-OH is 1. The minimum Gasteiger partial charge on any atom is -0.392 e. The van der Waals surface area contributed by atoms with Crippen molar-refractivity contribution in [2.24, 2.45) is 5.92 Å². The van der Waals surface area contributed by atoms with Crippen molar-refractivity contribution in [1.29, 1.82) is 0 Å². The maximum Gasteiger partial charge on any atom is 0.0650 e. The molecule has 0 aliphatic heterocycles. The third kappa shape index (κ3) is 3.19. The van der Waals surface area contributed by atoms with Crippen LogP contribution in [0.4, 0.5) is 0 Å². The quantitative estimate of drug-likeness (QED) is 0.902. The van der Waals surface area contributed by atoms with E-state index in [1.165, 1.54) is 57.8 Å². The van der Waals surface area contributed by atoms with Gasteiger partial charge in [-0.15, -0.1) is 0 Å². The molecule has 0 amide bonds. The van der Waals surface area contributed by atoms with Crippen LogP contribution >= 0.6 is 0 Å². The third-order valence-corrected chi connectivity index (χ3v) is 4.97. The number of rotatable bonds is 4. The lowest BCUT2D eigenvalue weighted by atomic mass is 9.96. The topological polar surface area (TPSA) is 38.0 Å². The lowest BCUT2D eigenvalue weighted by Crippen LogP contribution is -2.21. The highest BCUT2D eigenvalue weighted by molar-refractivity contribution is 5.02. The molecule has 2 aliphatic carbocycles. The van der Waals surface area contributed by atoms with Gasteiger partial charge >= 0.3 is 0 Å². The molecule has 0 saturated heterocycles. The van der Waals surface area contributed by atoms with E-state index in [9.17, 15) is 5.11 Å². The monoisotopic (exact) mass is 262 g/mol. The normalized spacial score (nSPS) is 23.8. The zero-order valence-corrected chi connectivity index (χ0v) is 11.8. The highest BCUT2D eigenvalue weighted by atomic mass is 16.3. The van der Waals surface area contributed by atoms with Gasteiger partial charge < -0.3 is 5.11 Å². The van der Waals surface area contributed by atoms with Crippen LogP contribution in [0.25, 0.3) is 0 Å². The van der Waals surface area contributed by atoms with Crippen molar-refractivity contribution in [3.05, 3.63) is 18.0 Å². The highest BCUT2D eigenvalue weighted by Gasteiger charge is 2.24. The van der Waals surface area contributed by atoms with E-state index in [0.29, 0.717) is 12.0 Å². The number of hydrogen-bond acceptors (Lipinski definition) is 2. The van der Waals surface area contributed by atoms with Gasteiger partial charge in [-0.1, -0.05) is 32.1 Å². The molecule has 2 fully saturated rings. The molecule has 0 spiro atoms. The summed E-state index contributed by atoms with van der Waals surface area (Å²) in [6.45, 7) is 0. The fourth-order valence-electron chi connectivity index (χ4n) is 3.76. The van der Waals surface area contributed by atoms with Gasteiger partial charge in [-0.2, -0.15) is 5.10 Å². The second-order valence-electron chi connectivity index (χ2n) is 6.39. The molecule has 1 aromatic heterocycles. The molecule has 3 heteroatoms. The van der Waals surface area contributed by atoms with Crippen LogP contribution in [0, 0.1) is 5.92 Å². The van der Waals surface area contributed by atoms with Crippen LogP contribution in [-0.2, 0) is 6.42 Å². The molecule has 1 aromatic rings. The van der Waals surface area contributed by atoms with Crippen LogP contribution < -0.4 is 0 Å². The predicted molar refractivity (Wildman–Crippen MR) is 76.0 cm³/mol. The summed E-state index contributed by atoms with van der Waals surface area (Å²) >= 11 is 0. The fourth-order valence-corrected chi connectivity index (χ4v) is 3.76. The van der Waals surface area contributed by atoms with Crippen molar-refractivity contribution in [2.75, 3.05) is 0 Å². The van der Waals surface area contributed by atoms with Crippen molar-refractivity contribution in [3.8, 4) is 0 Å². The molecule has 1 atom stereocenters. The Bertz CT molecular complexity index is 389. The van der Waals surface area contributed by atoms with E-state index in [4.69, 9.17) is 5.10 Å². The summed E-state index contributed by atoms with van der Waals surface area (Å²) < 4.78 is 2.15. The van der Waals surface area contributed by atoms with Gasteiger partial charge in [0.25, 0.3) is 0 Å². The summed E-state index contributed by atoms with van der Waals surface area (Å²) in [6, 6.07) is 2.71. The molecular formula is C16H26N2O. The second-order valence-corrected chi connectivity index (χ2v) is 6.39. The van der Waals surface area contributed by atoms with Crippen LogP contribution in [0.1, 0.15) is 69.5 Å². The Kier molecular flexibility index (Phi) is 4.21. The van der Waals surface area contributed by atoms with Crippen molar-refractivity contribution in [2.45, 2.75) is 76.4 Å².